The molecule has 60 valence electrons. The summed E-state index contributed by atoms with van der Waals surface area (Å²) in [5.41, 5.74) is -0.384. The largest absolute Gasteiger partial charge is 0.491 e. The van der Waals surface area contributed by atoms with Crippen LogP contribution in [0.5, 0.6) is 0 Å². The topological polar surface area (TPSA) is 40.5 Å². The molecule has 0 aliphatic rings. The van der Waals surface area contributed by atoms with Crippen LogP contribution in [0.25, 0.3) is 0 Å². The first-order chi connectivity index (χ1) is 4.95. The van der Waals surface area contributed by atoms with Crippen LogP contribution in [-0.2, 0) is 0 Å². The first kappa shape index (κ1) is 10.4. The minimum atomic E-state index is -1.91. The number of allylic oxidation sites excluding steroid dienone is 4. The van der Waals surface area contributed by atoms with Gasteiger partial charge in [0.15, 0.2) is 0 Å². The summed E-state index contributed by atoms with van der Waals surface area (Å²) < 4.78 is 12.3. The summed E-state index contributed by atoms with van der Waals surface area (Å²) in [5, 5.41) is 17.0. The Morgan fingerprint density at radius 2 is 1.91 bits per heavy atom. The van der Waals surface area contributed by atoms with E-state index in [4.69, 9.17) is 21.6 Å². The Morgan fingerprint density at radius 3 is 2.00 bits per heavy atom. The molecule has 0 bridgehead atoms. The van der Waals surface area contributed by atoms with Crippen molar-refractivity contribution in [2.75, 3.05) is 0 Å². The van der Waals surface area contributed by atoms with Gasteiger partial charge in [0, 0.05) is 10.5 Å². The maximum absolute atomic E-state index is 12.3. The molecule has 0 spiro atoms. The van der Waals surface area contributed by atoms with Gasteiger partial charge >= 0.3 is 7.12 Å². The van der Waals surface area contributed by atoms with Crippen LogP contribution in [0.3, 0.4) is 0 Å². The van der Waals surface area contributed by atoms with Crippen LogP contribution in [0.15, 0.2) is 35.6 Å². The van der Waals surface area contributed by atoms with Crippen LogP contribution < -0.4 is 0 Å². The molecule has 2 nitrogen and oxygen atoms in total. The SMILES string of the molecule is C=C(Cl)/C=C(/B(O)O)C(=C)F. The zero-order valence-electron chi connectivity index (χ0n) is 5.72. The molecule has 0 amide bonds. The molecule has 0 aliphatic heterocycles. The van der Waals surface area contributed by atoms with Crippen LogP contribution in [0.1, 0.15) is 0 Å². The summed E-state index contributed by atoms with van der Waals surface area (Å²) in [6, 6.07) is 0. The zero-order valence-corrected chi connectivity index (χ0v) is 6.48. The van der Waals surface area contributed by atoms with Crippen molar-refractivity contribution in [1.29, 1.82) is 0 Å². The van der Waals surface area contributed by atoms with Crippen LogP contribution in [0, 0.1) is 0 Å². The van der Waals surface area contributed by atoms with E-state index in [0.29, 0.717) is 0 Å². The molecule has 5 heteroatoms. The van der Waals surface area contributed by atoms with E-state index in [9.17, 15) is 4.39 Å². The summed E-state index contributed by atoms with van der Waals surface area (Å²) in [6.45, 7) is 6.09. The van der Waals surface area contributed by atoms with Crippen molar-refractivity contribution in [2.45, 2.75) is 0 Å². The highest BCUT2D eigenvalue weighted by molar-refractivity contribution is 6.52. The third-order valence-corrected chi connectivity index (χ3v) is 1.01. The van der Waals surface area contributed by atoms with E-state index in [1.165, 1.54) is 0 Å². The Bertz CT molecular complexity index is 213. The molecule has 0 aliphatic carbocycles. The van der Waals surface area contributed by atoms with Gasteiger partial charge in [0.05, 0.1) is 0 Å². The Balaban J connectivity index is 4.60. The average molecular weight is 176 g/mol. The van der Waals surface area contributed by atoms with Crippen molar-refractivity contribution in [1.82, 2.24) is 0 Å². The van der Waals surface area contributed by atoms with Gasteiger partial charge in [0.1, 0.15) is 5.83 Å². The van der Waals surface area contributed by atoms with E-state index in [1.54, 1.807) is 0 Å². The van der Waals surface area contributed by atoms with Gasteiger partial charge in [-0.2, -0.15) is 0 Å². The molecule has 0 saturated carbocycles. The molecule has 0 aromatic heterocycles. The fraction of sp³-hybridized carbons (Fsp3) is 0. The molecule has 0 fully saturated rings. The fourth-order valence-electron chi connectivity index (χ4n) is 0.462. The Hall–Kier alpha value is -0.575. The first-order valence-corrected chi connectivity index (χ1v) is 3.10. The number of rotatable bonds is 3. The normalized spacial score (nSPS) is 11.1. The van der Waals surface area contributed by atoms with Crippen LogP contribution >= 0.6 is 11.6 Å². The lowest BCUT2D eigenvalue weighted by molar-refractivity contribution is 0.416. The molecule has 0 heterocycles. The second-order valence-electron chi connectivity index (χ2n) is 1.83. The van der Waals surface area contributed by atoms with Gasteiger partial charge < -0.3 is 10.0 Å². The standard InChI is InChI=1S/C6H7BClFO2/c1-4(8)3-6(5(2)9)7(10)11/h3,10-11H,1-2H2/b6-3+. The van der Waals surface area contributed by atoms with Crippen molar-refractivity contribution < 1.29 is 14.4 Å². The molecule has 2 N–H and O–H groups in total. The lowest BCUT2D eigenvalue weighted by atomic mass is 9.78. The van der Waals surface area contributed by atoms with Gasteiger partial charge in [-0.05, 0) is 6.08 Å². The molecule has 0 rings (SSSR count). The maximum atomic E-state index is 12.3. The van der Waals surface area contributed by atoms with Crippen LogP contribution in [-0.4, -0.2) is 17.2 Å². The Morgan fingerprint density at radius 1 is 1.45 bits per heavy atom. The van der Waals surface area contributed by atoms with Crippen molar-refractivity contribution >= 4 is 18.7 Å². The lowest BCUT2D eigenvalue weighted by Crippen LogP contribution is -2.15. The second-order valence-corrected chi connectivity index (χ2v) is 2.31. The average Bonchev–Trinajstić information content (AvgIpc) is 1.81. The van der Waals surface area contributed by atoms with Crippen molar-refractivity contribution in [3.05, 3.63) is 35.6 Å². The highest BCUT2D eigenvalue weighted by Crippen LogP contribution is 2.14. The molecule has 0 aromatic carbocycles. The molecule has 11 heavy (non-hydrogen) atoms. The van der Waals surface area contributed by atoms with Gasteiger partial charge in [0.25, 0.3) is 0 Å². The summed E-state index contributed by atoms with van der Waals surface area (Å²) in [4.78, 5) is 0. The van der Waals surface area contributed by atoms with Crippen molar-refractivity contribution in [2.24, 2.45) is 0 Å². The molecule has 0 atom stereocenters. The van der Waals surface area contributed by atoms with Crippen LogP contribution in [0.2, 0.25) is 0 Å². The van der Waals surface area contributed by atoms with E-state index < -0.39 is 12.9 Å². The summed E-state index contributed by atoms with van der Waals surface area (Å²) in [7, 11) is -1.91. The molecule has 0 unspecified atom stereocenters. The van der Waals surface area contributed by atoms with E-state index in [-0.39, 0.29) is 10.5 Å². The molecule has 0 radical (unpaired) electrons. The van der Waals surface area contributed by atoms with Crippen LogP contribution in [0.4, 0.5) is 4.39 Å². The summed E-state index contributed by atoms with van der Waals surface area (Å²) >= 11 is 5.26. The number of hydrogen-bond donors (Lipinski definition) is 2. The number of halogens is 2. The quantitative estimate of drug-likeness (QED) is 0.500. The summed E-state index contributed by atoms with van der Waals surface area (Å²) in [6.07, 6.45) is 0.995. The minimum absolute atomic E-state index is 0.00639. The van der Waals surface area contributed by atoms with Gasteiger partial charge in [-0.1, -0.05) is 24.8 Å². The van der Waals surface area contributed by atoms with Gasteiger partial charge in [-0.15, -0.1) is 0 Å². The Labute approximate surface area is 69.4 Å². The predicted octanol–water partition coefficient (Wildman–Crippen LogP) is 1.16. The van der Waals surface area contributed by atoms with Crippen molar-refractivity contribution in [3.8, 4) is 0 Å². The molecule has 0 saturated heterocycles. The zero-order chi connectivity index (χ0) is 9.02. The van der Waals surface area contributed by atoms with Gasteiger partial charge in [0.2, 0.25) is 0 Å². The molecular weight excluding hydrogens is 169 g/mol. The van der Waals surface area contributed by atoms with Crippen molar-refractivity contribution in [3.63, 3.8) is 0 Å². The predicted molar refractivity (Wildman–Crippen MR) is 43.5 cm³/mol. The van der Waals surface area contributed by atoms with E-state index in [2.05, 4.69) is 13.2 Å². The second kappa shape index (κ2) is 4.33. The Kier molecular flexibility index (Phi) is 4.11. The van der Waals surface area contributed by atoms with Gasteiger partial charge in [-0.25, -0.2) is 4.39 Å². The summed E-state index contributed by atoms with van der Waals surface area (Å²) in [5.74, 6) is -0.943. The van der Waals surface area contributed by atoms with E-state index in [0.717, 1.165) is 6.08 Å². The lowest BCUT2D eigenvalue weighted by Gasteiger charge is -2.00. The third kappa shape index (κ3) is 3.98. The van der Waals surface area contributed by atoms with E-state index in [1.807, 2.05) is 0 Å². The molecular formula is C6H7BClFO2. The smallest absolute Gasteiger partial charge is 0.423 e. The fourth-order valence-corrected chi connectivity index (χ4v) is 0.579. The monoisotopic (exact) mass is 176 g/mol. The highest BCUT2D eigenvalue weighted by atomic mass is 35.5. The minimum Gasteiger partial charge on any atom is -0.423 e. The third-order valence-electron chi connectivity index (χ3n) is 0.904. The van der Waals surface area contributed by atoms with E-state index >= 15 is 0 Å². The van der Waals surface area contributed by atoms with Gasteiger partial charge in [-0.3, -0.25) is 0 Å². The molecule has 0 aromatic rings. The number of hydrogen-bond acceptors (Lipinski definition) is 2. The first-order valence-electron chi connectivity index (χ1n) is 2.72. The maximum Gasteiger partial charge on any atom is 0.491 e. The highest BCUT2D eigenvalue weighted by Gasteiger charge is 2.17.